The molecular formula is C15H13P. The van der Waals surface area contributed by atoms with Gasteiger partial charge in [0.15, 0.2) is 0 Å². The zero-order valence-electron chi connectivity index (χ0n) is 9.49. The van der Waals surface area contributed by atoms with Crippen LogP contribution in [0.25, 0.3) is 0 Å². The average Bonchev–Trinajstić information content (AvgIpc) is 2.32. The molecule has 78 valence electrons. The van der Waals surface area contributed by atoms with E-state index in [1.807, 2.05) is 30.3 Å². The van der Waals surface area contributed by atoms with Gasteiger partial charge >= 0.3 is 0 Å². The van der Waals surface area contributed by atoms with E-state index in [0.29, 0.717) is 0 Å². The van der Waals surface area contributed by atoms with E-state index in [1.54, 1.807) is 0 Å². The first kappa shape index (κ1) is 10.9. The Bertz CT molecular complexity index is 545. The highest BCUT2D eigenvalue weighted by atomic mass is 31.0. The van der Waals surface area contributed by atoms with Gasteiger partial charge in [-0.25, -0.2) is 0 Å². The van der Waals surface area contributed by atoms with E-state index in [1.165, 1.54) is 24.6 Å². The van der Waals surface area contributed by atoms with E-state index in [-0.39, 0.29) is 0 Å². The molecule has 1 heteroatoms. The summed E-state index contributed by atoms with van der Waals surface area (Å²) in [5.74, 6) is 8.62. The Hall–Kier alpha value is -1.57. The highest BCUT2D eigenvalue weighted by molar-refractivity contribution is 7.30. The van der Waals surface area contributed by atoms with Crippen LogP contribution in [0, 0.1) is 25.7 Å². The topological polar surface area (TPSA) is 0 Å². The summed E-state index contributed by atoms with van der Waals surface area (Å²) in [6, 6.07) is 12.3. The standard InChI is InChI=1S/C15H13P/c1-12-10-15(16-11-13(12)2)9-8-14-6-4-3-5-7-14/h3-7,10-11H,1-2H3. The molecule has 1 heterocycles. The lowest BCUT2D eigenvalue weighted by molar-refractivity contribution is 1.37. The lowest BCUT2D eigenvalue weighted by Gasteiger charge is -1.98. The Morgan fingerprint density at radius 1 is 0.938 bits per heavy atom. The van der Waals surface area contributed by atoms with Gasteiger partial charge in [0.2, 0.25) is 0 Å². The van der Waals surface area contributed by atoms with E-state index >= 15 is 0 Å². The van der Waals surface area contributed by atoms with Gasteiger partial charge in [0.05, 0.1) is 5.30 Å². The monoisotopic (exact) mass is 224 g/mol. The summed E-state index contributed by atoms with van der Waals surface area (Å²) >= 11 is 0. The molecule has 2 rings (SSSR count). The Balaban J connectivity index is 2.28. The van der Waals surface area contributed by atoms with Crippen molar-refractivity contribution >= 4 is 8.19 Å². The van der Waals surface area contributed by atoms with E-state index in [0.717, 1.165) is 5.56 Å². The summed E-state index contributed by atoms with van der Waals surface area (Å²) in [4.78, 5) is 0. The minimum atomic E-state index is 1.07. The third-order valence-corrected chi connectivity index (χ3v) is 3.52. The molecule has 2 aromatic rings. The maximum absolute atomic E-state index is 3.22. The smallest absolute Gasteiger partial charge is 0.0523 e. The predicted molar refractivity (Wildman–Crippen MR) is 70.9 cm³/mol. The van der Waals surface area contributed by atoms with Gasteiger partial charge in [-0.1, -0.05) is 38.2 Å². The van der Waals surface area contributed by atoms with Crippen molar-refractivity contribution in [3.63, 3.8) is 0 Å². The van der Waals surface area contributed by atoms with Crippen molar-refractivity contribution in [1.82, 2.24) is 0 Å². The molecule has 0 radical (unpaired) electrons. The Morgan fingerprint density at radius 3 is 2.38 bits per heavy atom. The minimum absolute atomic E-state index is 1.07. The van der Waals surface area contributed by atoms with Crippen LogP contribution in [0.4, 0.5) is 0 Å². The van der Waals surface area contributed by atoms with Gasteiger partial charge in [0.25, 0.3) is 0 Å². The first-order valence-electron chi connectivity index (χ1n) is 5.26. The van der Waals surface area contributed by atoms with Gasteiger partial charge in [-0.3, -0.25) is 0 Å². The molecule has 0 amide bonds. The van der Waals surface area contributed by atoms with Crippen LogP contribution in [0.3, 0.4) is 0 Å². The van der Waals surface area contributed by atoms with Gasteiger partial charge in [0, 0.05) is 5.56 Å². The normalized spacial score (nSPS) is 9.88. The first-order valence-corrected chi connectivity index (χ1v) is 6.22. The van der Waals surface area contributed by atoms with E-state index in [2.05, 4.69) is 37.6 Å². The molecule has 16 heavy (non-hydrogen) atoms. The average molecular weight is 224 g/mol. The molecule has 0 unspecified atom stereocenters. The highest BCUT2D eigenvalue weighted by Crippen LogP contribution is 2.18. The summed E-state index contributed by atoms with van der Waals surface area (Å²) in [7, 11) is 1.21. The van der Waals surface area contributed by atoms with Crippen LogP contribution >= 0.6 is 8.19 Å². The van der Waals surface area contributed by atoms with E-state index < -0.39 is 0 Å². The molecule has 0 aliphatic carbocycles. The summed E-state index contributed by atoms with van der Waals surface area (Å²) in [6.45, 7) is 4.27. The van der Waals surface area contributed by atoms with Gasteiger partial charge in [-0.2, -0.15) is 0 Å². The maximum atomic E-state index is 3.22. The van der Waals surface area contributed by atoms with E-state index in [9.17, 15) is 0 Å². The minimum Gasteiger partial charge on any atom is -0.0622 e. The van der Waals surface area contributed by atoms with Gasteiger partial charge in [-0.05, 0) is 49.0 Å². The quantitative estimate of drug-likeness (QED) is 0.586. The number of hydrogen-bond donors (Lipinski definition) is 0. The Kier molecular flexibility index (Phi) is 3.40. The van der Waals surface area contributed by atoms with Gasteiger partial charge < -0.3 is 0 Å². The van der Waals surface area contributed by atoms with E-state index in [4.69, 9.17) is 0 Å². The third-order valence-electron chi connectivity index (χ3n) is 2.48. The van der Waals surface area contributed by atoms with Crippen LogP contribution < -0.4 is 0 Å². The second kappa shape index (κ2) is 4.97. The Labute approximate surface area is 98.4 Å². The number of rotatable bonds is 0. The largest absolute Gasteiger partial charge is 0.0622 e. The SMILES string of the molecule is Cc1cpc(C#Cc2ccccc2)cc1C. The maximum Gasteiger partial charge on any atom is 0.0523 e. The molecule has 0 saturated heterocycles. The molecule has 0 N–H and O–H groups in total. The van der Waals surface area contributed by atoms with Gasteiger partial charge in [-0.15, -0.1) is 0 Å². The van der Waals surface area contributed by atoms with Crippen LogP contribution in [-0.2, 0) is 0 Å². The van der Waals surface area contributed by atoms with Crippen LogP contribution in [0.1, 0.15) is 22.0 Å². The van der Waals surface area contributed by atoms with Crippen molar-refractivity contribution in [2.24, 2.45) is 0 Å². The summed E-state index contributed by atoms with van der Waals surface area (Å²) in [6.07, 6.45) is 0. The lowest BCUT2D eigenvalue weighted by Crippen LogP contribution is -1.78. The molecule has 0 atom stereocenters. The molecule has 0 aliphatic heterocycles. The van der Waals surface area contributed by atoms with Crippen molar-refractivity contribution in [3.8, 4) is 11.8 Å². The molecule has 0 nitrogen and oxygen atoms in total. The fourth-order valence-electron chi connectivity index (χ4n) is 1.35. The van der Waals surface area contributed by atoms with Crippen molar-refractivity contribution in [1.29, 1.82) is 0 Å². The van der Waals surface area contributed by atoms with Crippen molar-refractivity contribution < 1.29 is 0 Å². The number of hydrogen-bond acceptors (Lipinski definition) is 0. The second-order valence-electron chi connectivity index (χ2n) is 3.77. The molecule has 1 aromatic heterocycles. The molecule has 0 aliphatic rings. The molecule has 0 spiro atoms. The van der Waals surface area contributed by atoms with Crippen LogP contribution in [0.2, 0.25) is 0 Å². The highest BCUT2D eigenvalue weighted by Gasteiger charge is 1.93. The molecular weight excluding hydrogens is 211 g/mol. The van der Waals surface area contributed by atoms with Crippen molar-refractivity contribution in [2.45, 2.75) is 13.8 Å². The summed E-state index contributed by atoms with van der Waals surface area (Å²) in [5.41, 5.74) is 3.74. The van der Waals surface area contributed by atoms with Crippen molar-refractivity contribution in [2.75, 3.05) is 0 Å². The molecule has 0 fully saturated rings. The zero-order chi connectivity index (χ0) is 11.4. The van der Waals surface area contributed by atoms with Crippen molar-refractivity contribution in [3.05, 3.63) is 64.2 Å². The van der Waals surface area contributed by atoms with Gasteiger partial charge in [0.1, 0.15) is 0 Å². The molecule has 0 bridgehead atoms. The van der Waals surface area contributed by atoms with Crippen LogP contribution in [0.15, 0.2) is 42.2 Å². The van der Waals surface area contributed by atoms with Crippen LogP contribution in [0.5, 0.6) is 0 Å². The Morgan fingerprint density at radius 2 is 1.69 bits per heavy atom. The predicted octanol–water partition coefficient (Wildman–Crippen LogP) is 4.28. The van der Waals surface area contributed by atoms with Crippen LogP contribution in [-0.4, -0.2) is 0 Å². The fraction of sp³-hybridized carbons (Fsp3) is 0.133. The summed E-state index contributed by atoms with van der Waals surface area (Å²) < 4.78 is 0. The lowest BCUT2D eigenvalue weighted by atomic mass is 10.2. The first-order chi connectivity index (χ1) is 7.75. The summed E-state index contributed by atoms with van der Waals surface area (Å²) in [5, 5.41) is 1.17. The third kappa shape index (κ3) is 2.72. The number of aryl methyl sites for hydroxylation is 2. The fourth-order valence-corrected chi connectivity index (χ4v) is 2.28. The second-order valence-corrected chi connectivity index (χ2v) is 4.77. The number of benzene rings is 1. The molecule has 0 saturated carbocycles. The zero-order valence-corrected chi connectivity index (χ0v) is 10.4. The molecule has 1 aromatic carbocycles.